The number of imide groups is 1. The second kappa shape index (κ2) is 9.41. The molecule has 1 aliphatic heterocycles. The molecule has 2 amide bonds. The van der Waals surface area contributed by atoms with Crippen LogP contribution in [0.5, 0.6) is 11.5 Å². The molecular weight excluding hydrogens is 456 g/mol. The number of hydrogen-bond acceptors (Lipinski definition) is 6. The zero-order chi connectivity index (χ0) is 24.4. The van der Waals surface area contributed by atoms with Gasteiger partial charge in [0, 0.05) is 5.69 Å². The van der Waals surface area contributed by atoms with E-state index in [4.69, 9.17) is 21.1 Å². The van der Waals surface area contributed by atoms with Crippen LogP contribution in [-0.2, 0) is 9.59 Å². The minimum atomic E-state index is -0.601. The van der Waals surface area contributed by atoms with Crippen LogP contribution in [0, 0.1) is 13.8 Å². The predicted molar refractivity (Wildman–Crippen MR) is 129 cm³/mol. The van der Waals surface area contributed by atoms with Gasteiger partial charge < -0.3 is 14.8 Å². The molecule has 3 aromatic carbocycles. The van der Waals surface area contributed by atoms with Crippen LogP contribution in [0.2, 0.25) is 0 Å². The normalized spacial score (nSPS) is 13.4. The Morgan fingerprint density at radius 3 is 2.12 bits per heavy atom. The Bertz CT molecular complexity index is 1310. The van der Waals surface area contributed by atoms with E-state index in [2.05, 4.69) is 5.32 Å². The van der Waals surface area contributed by atoms with Crippen molar-refractivity contribution in [2.75, 3.05) is 17.3 Å². The topological polar surface area (TPSA) is 84.9 Å². The number of para-hydroxylation sites is 2. The second-order valence-electron chi connectivity index (χ2n) is 7.72. The number of halogens is 1. The largest absolute Gasteiger partial charge is 0.493 e. The van der Waals surface area contributed by atoms with Crippen molar-refractivity contribution in [3.05, 3.63) is 94.1 Å². The molecule has 172 valence electrons. The zero-order valence-electron chi connectivity index (χ0n) is 18.7. The number of rotatable bonds is 6. The van der Waals surface area contributed by atoms with Crippen molar-refractivity contribution in [1.29, 1.82) is 0 Å². The minimum absolute atomic E-state index is 0.0322. The van der Waals surface area contributed by atoms with Crippen molar-refractivity contribution in [3.63, 3.8) is 0 Å². The molecule has 34 heavy (non-hydrogen) atoms. The highest BCUT2D eigenvalue weighted by Gasteiger charge is 2.39. The molecule has 0 aromatic heterocycles. The molecule has 0 fully saturated rings. The predicted octanol–water partition coefficient (Wildman–Crippen LogP) is 4.97. The molecule has 7 nitrogen and oxygen atoms in total. The molecule has 0 unspecified atom stereocenters. The average molecular weight is 477 g/mol. The molecule has 1 N–H and O–H groups in total. The molecule has 8 heteroatoms. The maximum atomic E-state index is 13.0. The fourth-order valence-corrected chi connectivity index (χ4v) is 3.83. The molecule has 4 rings (SSSR count). The van der Waals surface area contributed by atoms with Crippen molar-refractivity contribution in [3.8, 4) is 11.5 Å². The van der Waals surface area contributed by atoms with Gasteiger partial charge in [-0.25, -0.2) is 9.69 Å². The van der Waals surface area contributed by atoms with Crippen molar-refractivity contribution < 1.29 is 23.9 Å². The third-order valence-corrected chi connectivity index (χ3v) is 5.50. The van der Waals surface area contributed by atoms with E-state index < -0.39 is 17.8 Å². The van der Waals surface area contributed by atoms with Gasteiger partial charge in [0.2, 0.25) is 0 Å². The number of esters is 1. The number of aryl methyl sites for hydroxylation is 2. The van der Waals surface area contributed by atoms with Gasteiger partial charge in [0.05, 0.1) is 18.4 Å². The van der Waals surface area contributed by atoms with Crippen molar-refractivity contribution in [2.24, 2.45) is 0 Å². The van der Waals surface area contributed by atoms with Crippen LogP contribution >= 0.6 is 11.6 Å². The van der Waals surface area contributed by atoms with E-state index >= 15 is 0 Å². The number of amides is 2. The van der Waals surface area contributed by atoms with Crippen LogP contribution in [0.1, 0.15) is 21.5 Å². The van der Waals surface area contributed by atoms with Crippen LogP contribution < -0.4 is 19.7 Å². The Morgan fingerprint density at radius 2 is 1.50 bits per heavy atom. The maximum Gasteiger partial charge on any atom is 0.343 e. The Labute approximate surface area is 201 Å². The van der Waals surface area contributed by atoms with E-state index in [1.54, 1.807) is 48.5 Å². The van der Waals surface area contributed by atoms with E-state index in [9.17, 15) is 14.4 Å². The fourth-order valence-electron chi connectivity index (χ4n) is 3.62. The van der Waals surface area contributed by atoms with Gasteiger partial charge in [0.15, 0.2) is 11.5 Å². The Morgan fingerprint density at radius 1 is 0.882 bits per heavy atom. The smallest absolute Gasteiger partial charge is 0.343 e. The summed E-state index contributed by atoms with van der Waals surface area (Å²) >= 11 is 6.22. The van der Waals surface area contributed by atoms with E-state index in [-0.39, 0.29) is 10.7 Å². The molecule has 0 saturated carbocycles. The summed E-state index contributed by atoms with van der Waals surface area (Å²) in [6.07, 6.45) is 0. The van der Waals surface area contributed by atoms with Crippen molar-refractivity contribution in [1.82, 2.24) is 0 Å². The van der Waals surface area contributed by atoms with Gasteiger partial charge >= 0.3 is 5.97 Å². The lowest BCUT2D eigenvalue weighted by Crippen LogP contribution is -2.32. The first kappa shape index (κ1) is 23.1. The SMILES string of the molecule is COc1ccccc1OC(=O)c1ccc(NC2=C(Cl)C(=O)N(c3cc(C)cc(C)c3)C2=O)cc1. The molecule has 0 radical (unpaired) electrons. The Balaban J connectivity index is 1.50. The summed E-state index contributed by atoms with van der Waals surface area (Å²) in [6, 6.07) is 18.5. The van der Waals surface area contributed by atoms with Gasteiger partial charge in [-0.3, -0.25) is 9.59 Å². The lowest BCUT2D eigenvalue weighted by atomic mass is 10.1. The zero-order valence-corrected chi connectivity index (χ0v) is 19.5. The number of carbonyl (C=O) groups excluding carboxylic acids is 3. The Hall–Kier alpha value is -4.10. The summed E-state index contributed by atoms with van der Waals surface area (Å²) in [6.45, 7) is 3.77. The molecule has 0 saturated heterocycles. The van der Waals surface area contributed by atoms with Crippen LogP contribution in [0.25, 0.3) is 0 Å². The van der Waals surface area contributed by atoms with Crippen molar-refractivity contribution in [2.45, 2.75) is 13.8 Å². The summed E-state index contributed by atoms with van der Waals surface area (Å²) in [5, 5.41) is 2.69. The second-order valence-corrected chi connectivity index (χ2v) is 8.10. The number of nitrogens with zero attached hydrogens (tertiary/aromatic N) is 1. The molecule has 0 bridgehead atoms. The van der Waals surface area contributed by atoms with Crippen LogP contribution in [-0.4, -0.2) is 24.9 Å². The highest BCUT2D eigenvalue weighted by molar-refractivity contribution is 6.53. The van der Waals surface area contributed by atoms with Crippen LogP contribution in [0.3, 0.4) is 0 Å². The first-order valence-electron chi connectivity index (χ1n) is 10.4. The highest BCUT2D eigenvalue weighted by Crippen LogP contribution is 2.31. The number of nitrogens with one attached hydrogen (secondary N) is 1. The molecule has 0 aliphatic carbocycles. The number of benzene rings is 3. The quantitative estimate of drug-likeness (QED) is 0.307. The molecule has 0 atom stereocenters. The Kier molecular flexibility index (Phi) is 6.38. The first-order valence-corrected chi connectivity index (χ1v) is 10.8. The number of carbonyl (C=O) groups is 3. The number of ether oxygens (including phenoxy) is 2. The first-order chi connectivity index (χ1) is 16.3. The third-order valence-electron chi connectivity index (χ3n) is 5.15. The summed E-state index contributed by atoms with van der Waals surface area (Å²) in [5.41, 5.74) is 3.03. The van der Waals surface area contributed by atoms with Gasteiger partial charge in [-0.05, 0) is 73.5 Å². The van der Waals surface area contributed by atoms with Crippen LogP contribution in [0.4, 0.5) is 11.4 Å². The van der Waals surface area contributed by atoms with Gasteiger partial charge in [-0.1, -0.05) is 29.8 Å². The van der Waals surface area contributed by atoms with Gasteiger partial charge in [0.25, 0.3) is 11.8 Å². The van der Waals surface area contributed by atoms with E-state index in [1.807, 2.05) is 19.9 Å². The average Bonchev–Trinajstić information content (AvgIpc) is 3.02. The number of methoxy groups -OCH3 is 1. The molecule has 3 aromatic rings. The standard InChI is InChI=1S/C26H21ClN2O5/c1-15-12-16(2)14-19(13-15)29-24(30)22(27)23(25(29)31)28-18-10-8-17(9-11-18)26(32)34-21-7-5-4-6-20(21)33-3/h4-14,28H,1-3H3. The molecule has 1 heterocycles. The monoisotopic (exact) mass is 476 g/mol. The third kappa shape index (κ3) is 4.51. The van der Waals surface area contributed by atoms with Crippen molar-refractivity contribution >= 4 is 40.8 Å². The summed E-state index contributed by atoms with van der Waals surface area (Å²) in [5.74, 6) is -0.985. The van der Waals surface area contributed by atoms with Crippen LogP contribution in [0.15, 0.2) is 77.5 Å². The van der Waals surface area contributed by atoms with Gasteiger partial charge in [-0.15, -0.1) is 0 Å². The summed E-state index contributed by atoms with van der Waals surface area (Å²) in [4.78, 5) is 39.3. The molecule has 0 spiro atoms. The van der Waals surface area contributed by atoms with Gasteiger partial charge in [-0.2, -0.15) is 0 Å². The van der Waals surface area contributed by atoms with E-state index in [0.29, 0.717) is 28.4 Å². The minimum Gasteiger partial charge on any atom is -0.493 e. The van der Waals surface area contributed by atoms with E-state index in [1.165, 1.54) is 19.2 Å². The lowest BCUT2D eigenvalue weighted by molar-refractivity contribution is -0.120. The van der Waals surface area contributed by atoms with Gasteiger partial charge in [0.1, 0.15) is 10.7 Å². The maximum absolute atomic E-state index is 13.0. The van der Waals surface area contributed by atoms with E-state index in [0.717, 1.165) is 16.0 Å². The number of hydrogen-bond donors (Lipinski definition) is 1. The number of anilines is 2. The summed E-state index contributed by atoms with van der Waals surface area (Å²) in [7, 11) is 1.49. The summed E-state index contributed by atoms with van der Waals surface area (Å²) < 4.78 is 10.6. The highest BCUT2D eigenvalue weighted by atomic mass is 35.5. The lowest BCUT2D eigenvalue weighted by Gasteiger charge is -2.16. The molecule has 1 aliphatic rings. The fraction of sp³-hybridized carbons (Fsp3) is 0.115. The molecular formula is C26H21ClN2O5.